The fraction of sp³-hybridized carbons (Fsp3) is 0.917. The van der Waals surface area contributed by atoms with Gasteiger partial charge in [-0.1, -0.05) is 12.8 Å². The number of nitrogens with two attached hydrogens (primary N) is 1. The van der Waals surface area contributed by atoms with Gasteiger partial charge in [0.15, 0.2) is 0 Å². The topological polar surface area (TPSA) is 49.6 Å². The molecule has 1 rings (SSSR count). The Morgan fingerprint density at radius 1 is 1.29 bits per heavy atom. The Bertz CT molecular complexity index is 228. The van der Waals surface area contributed by atoms with Gasteiger partial charge in [0, 0.05) is 19.1 Å². The largest absolute Gasteiger partial charge is 0.337 e. The van der Waals surface area contributed by atoms with E-state index >= 15 is 0 Å². The molecule has 0 aromatic heterocycles. The van der Waals surface area contributed by atoms with Crippen LogP contribution in [0.15, 0.2) is 0 Å². The lowest BCUT2D eigenvalue weighted by Gasteiger charge is -2.31. The van der Waals surface area contributed by atoms with Crippen molar-refractivity contribution in [2.45, 2.75) is 44.7 Å². The summed E-state index contributed by atoms with van der Waals surface area (Å²) in [6.45, 7) is 3.49. The first-order chi connectivity index (χ1) is 7.52. The van der Waals surface area contributed by atoms with Crippen molar-refractivity contribution >= 4 is 18.3 Å². The molecule has 1 aliphatic carbocycles. The summed E-state index contributed by atoms with van der Waals surface area (Å²) in [5.74, 6) is 0.105. The number of hydrogen-bond acceptors (Lipinski definition) is 3. The van der Waals surface area contributed by atoms with E-state index in [9.17, 15) is 4.79 Å². The summed E-state index contributed by atoms with van der Waals surface area (Å²) >= 11 is 0. The van der Waals surface area contributed by atoms with E-state index in [1.165, 1.54) is 12.8 Å². The van der Waals surface area contributed by atoms with Crippen LogP contribution in [0.4, 0.5) is 0 Å². The van der Waals surface area contributed by atoms with Crippen LogP contribution < -0.4 is 5.73 Å². The fourth-order valence-corrected chi connectivity index (χ4v) is 2.26. The molecule has 17 heavy (non-hydrogen) atoms. The SMILES string of the molecule is C[C@@H](N)C(=O)N(CCN(C)C)C1CCCC1.Cl. The summed E-state index contributed by atoms with van der Waals surface area (Å²) in [7, 11) is 4.06. The number of nitrogens with zero attached hydrogens (tertiary/aromatic N) is 2. The number of amides is 1. The minimum absolute atomic E-state index is 0. The Hall–Kier alpha value is -0.320. The Balaban J connectivity index is 0.00000256. The lowest BCUT2D eigenvalue weighted by molar-refractivity contribution is -0.134. The highest BCUT2D eigenvalue weighted by Crippen LogP contribution is 2.23. The molecule has 0 radical (unpaired) electrons. The quantitative estimate of drug-likeness (QED) is 0.808. The molecule has 0 bridgehead atoms. The molecule has 1 amide bonds. The Labute approximate surface area is 111 Å². The molecule has 0 aliphatic heterocycles. The second-order valence-corrected chi connectivity index (χ2v) is 5.06. The first-order valence-corrected chi connectivity index (χ1v) is 6.23. The van der Waals surface area contributed by atoms with Crippen LogP contribution in [0.2, 0.25) is 0 Å². The van der Waals surface area contributed by atoms with Crippen molar-refractivity contribution in [2.24, 2.45) is 5.73 Å². The second kappa shape index (κ2) is 7.90. The van der Waals surface area contributed by atoms with Gasteiger partial charge >= 0.3 is 0 Å². The lowest BCUT2D eigenvalue weighted by Crippen LogP contribution is -2.49. The average Bonchev–Trinajstić information content (AvgIpc) is 2.70. The third-order valence-corrected chi connectivity index (χ3v) is 3.23. The fourth-order valence-electron chi connectivity index (χ4n) is 2.26. The summed E-state index contributed by atoms with van der Waals surface area (Å²) in [6.07, 6.45) is 4.78. The Morgan fingerprint density at radius 2 is 1.82 bits per heavy atom. The number of rotatable bonds is 5. The van der Waals surface area contributed by atoms with Crippen molar-refractivity contribution in [1.29, 1.82) is 0 Å². The Morgan fingerprint density at radius 3 is 2.24 bits per heavy atom. The first kappa shape index (κ1) is 16.7. The molecule has 1 saturated carbocycles. The smallest absolute Gasteiger partial charge is 0.239 e. The predicted octanol–water partition coefficient (Wildman–Crippen LogP) is 1.09. The van der Waals surface area contributed by atoms with Crippen LogP contribution in [0, 0.1) is 0 Å². The second-order valence-electron chi connectivity index (χ2n) is 5.06. The van der Waals surface area contributed by atoms with Gasteiger partial charge in [-0.25, -0.2) is 0 Å². The summed E-state index contributed by atoms with van der Waals surface area (Å²) in [5, 5.41) is 0. The molecule has 1 atom stereocenters. The van der Waals surface area contributed by atoms with Crippen molar-refractivity contribution in [3.05, 3.63) is 0 Å². The van der Waals surface area contributed by atoms with Gasteiger partial charge in [0.25, 0.3) is 0 Å². The van der Waals surface area contributed by atoms with E-state index in [2.05, 4.69) is 4.90 Å². The van der Waals surface area contributed by atoms with Crippen molar-refractivity contribution in [3.63, 3.8) is 0 Å². The zero-order valence-electron chi connectivity index (χ0n) is 11.2. The normalized spacial score (nSPS) is 17.9. The van der Waals surface area contributed by atoms with Gasteiger partial charge in [0.05, 0.1) is 6.04 Å². The predicted molar refractivity (Wildman–Crippen MR) is 73.4 cm³/mol. The van der Waals surface area contributed by atoms with Crippen molar-refractivity contribution in [3.8, 4) is 0 Å². The molecule has 2 N–H and O–H groups in total. The molecule has 4 nitrogen and oxygen atoms in total. The third-order valence-electron chi connectivity index (χ3n) is 3.23. The number of halogens is 1. The van der Waals surface area contributed by atoms with E-state index in [1.54, 1.807) is 6.92 Å². The van der Waals surface area contributed by atoms with E-state index < -0.39 is 0 Å². The molecule has 1 fully saturated rings. The van der Waals surface area contributed by atoms with E-state index in [0.29, 0.717) is 6.04 Å². The van der Waals surface area contributed by atoms with Crippen LogP contribution in [-0.2, 0) is 4.79 Å². The highest BCUT2D eigenvalue weighted by molar-refractivity contribution is 5.85. The number of likely N-dealkylation sites (N-methyl/N-ethyl adjacent to an activating group) is 1. The van der Waals surface area contributed by atoms with E-state index in [1.807, 2.05) is 19.0 Å². The van der Waals surface area contributed by atoms with Crippen LogP contribution >= 0.6 is 12.4 Å². The minimum Gasteiger partial charge on any atom is -0.337 e. The van der Waals surface area contributed by atoms with Crippen LogP contribution in [0.5, 0.6) is 0 Å². The summed E-state index contributed by atoms with van der Waals surface area (Å²) in [5.41, 5.74) is 5.71. The van der Waals surface area contributed by atoms with Crippen LogP contribution in [0.3, 0.4) is 0 Å². The van der Waals surface area contributed by atoms with Crippen LogP contribution in [0.1, 0.15) is 32.6 Å². The maximum Gasteiger partial charge on any atom is 0.239 e. The minimum atomic E-state index is -0.372. The molecule has 0 heterocycles. The average molecular weight is 264 g/mol. The molecular formula is C12H26ClN3O. The highest BCUT2D eigenvalue weighted by Gasteiger charge is 2.27. The molecule has 102 valence electrons. The van der Waals surface area contributed by atoms with Crippen LogP contribution in [0.25, 0.3) is 0 Å². The van der Waals surface area contributed by atoms with Gasteiger partial charge in [-0.2, -0.15) is 0 Å². The van der Waals surface area contributed by atoms with Gasteiger partial charge in [-0.15, -0.1) is 12.4 Å². The van der Waals surface area contributed by atoms with Gasteiger partial charge in [-0.05, 0) is 33.9 Å². The van der Waals surface area contributed by atoms with E-state index in [-0.39, 0.29) is 24.4 Å². The summed E-state index contributed by atoms with van der Waals surface area (Å²) in [6, 6.07) is 0.0567. The van der Waals surface area contributed by atoms with Gasteiger partial charge < -0.3 is 15.5 Å². The summed E-state index contributed by atoms with van der Waals surface area (Å²) in [4.78, 5) is 16.1. The molecule has 0 spiro atoms. The first-order valence-electron chi connectivity index (χ1n) is 6.23. The van der Waals surface area contributed by atoms with Gasteiger partial charge in [-0.3, -0.25) is 4.79 Å². The van der Waals surface area contributed by atoms with Crippen LogP contribution in [-0.4, -0.2) is 55.0 Å². The monoisotopic (exact) mass is 263 g/mol. The molecular weight excluding hydrogens is 238 g/mol. The zero-order chi connectivity index (χ0) is 12.1. The van der Waals surface area contributed by atoms with Gasteiger partial charge in [0.2, 0.25) is 5.91 Å². The molecule has 1 aliphatic rings. The Kier molecular flexibility index (Phi) is 7.75. The van der Waals surface area contributed by atoms with Crippen molar-refractivity contribution in [2.75, 3.05) is 27.2 Å². The molecule has 0 aromatic carbocycles. The number of carbonyl (C=O) groups is 1. The number of carbonyl (C=O) groups excluding carboxylic acids is 1. The van der Waals surface area contributed by atoms with Crippen molar-refractivity contribution in [1.82, 2.24) is 9.80 Å². The summed E-state index contributed by atoms with van der Waals surface area (Å²) < 4.78 is 0. The molecule has 0 aromatic rings. The number of hydrogen-bond donors (Lipinski definition) is 1. The molecule has 0 saturated heterocycles. The maximum absolute atomic E-state index is 12.0. The third kappa shape index (κ3) is 5.23. The van der Waals surface area contributed by atoms with Crippen molar-refractivity contribution < 1.29 is 4.79 Å². The lowest BCUT2D eigenvalue weighted by atomic mass is 10.1. The van der Waals surface area contributed by atoms with E-state index in [0.717, 1.165) is 25.9 Å². The highest BCUT2D eigenvalue weighted by atomic mass is 35.5. The molecule has 0 unspecified atom stereocenters. The molecule has 5 heteroatoms. The zero-order valence-corrected chi connectivity index (χ0v) is 12.0. The maximum atomic E-state index is 12.0. The standard InChI is InChI=1S/C12H25N3O.ClH/c1-10(13)12(16)15(9-8-14(2)3)11-6-4-5-7-11;/h10-11H,4-9,13H2,1-3H3;1H/t10-;/m1./s1. The van der Waals surface area contributed by atoms with E-state index in [4.69, 9.17) is 5.73 Å². The van der Waals surface area contributed by atoms with Gasteiger partial charge in [0.1, 0.15) is 0 Å².